The molecule has 1 amide bonds. The molecule has 0 saturated carbocycles. The molecule has 0 aromatic rings. The van der Waals surface area contributed by atoms with E-state index >= 15 is 0 Å². The van der Waals surface area contributed by atoms with E-state index in [0.29, 0.717) is 32.6 Å². The van der Waals surface area contributed by atoms with E-state index in [4.69, 9.17) is 4.74 Å². The number of rotatable bonds is 6. The minimum Gasteiger partial charge on any atom is -0.386 e. The second-order valence-corrected chi connectivity index (χ2v) is 3.98. The number of hydrogen-bond donors (Lipinski definition) is 3. The van der Waals surface area contributed by atoms with Crippen LogP contribution in [0.1, 0.15) is 19.3 Å². The van der Waals surface area contributed by atoms with Crippen molar-refractivity contribution in [1.29, 1.82) is 0 Å². The maximum atomic E-state index is 10.9. The van der Waals surface area contributed by atoms with E-state index in [1.165, 1.54) is 0 Å². The standard InChI is InChI=1S/C10H20N2O3/c1-11-9(13)3-2-5-12-7-10(14)4-6-15-8-10/h12,14H,2-8H2,1H3,(H,11,13). The first-order valence-corrected chi connectivity index (χ1v) is 5.38. The van der Waals surface area contributed by atoms with Crippen LogP contribution in [0.15, 0.2) is 0 Å². The van der Waals surface area contributed by atoms with Gasteiger partial charge < -0.3 is 20.5 Å². The molecule has 5 nitrogen and oxygen atoms in total. The highest BCUT2D eigenvalue weighted by Gasteiger charge is 2.31. The Bertz CT molecular complexity index is 203. The van der Waals surface area contributed by atoms with Gasteiger partial charge in [-0.1, -0.05) is 0 Å². The molecule has 1 atom stereocenters. The summed E-state index contributed by atoms with van der Waals surface area (Å²) in [6.07, 6.45) is 2.00. The monoisotopic (exact) mass is 216 g/mol. The Hall–Kier alpha value is -0.650. The summed E-state index contributed by atoms with van der Waals surface area (Å²) in [6, 6.07) is 0. The molecule has 0 aromatic heterocycles. The SMILES string of the molecule is CNC(=O)CCCNCC1(O)CCOC1. The number of carbonyl (C=O) groups is 1. The highest BCUT2D eigenvalue weighted by molar-refractivity contribution is 5.75. The molecule has 1 saturated heterocycles. The van der Waals surface area contributed by atoms with Crippen molar-refractivity contribution in [3.63, 3.8) is 0 Å². The second-order valence-electron chi connectivity index (χ2n) is 3.98. The van der Waals surface area contributed by atoms with Crippen molar-refractivity contribution >= 4 is 5.91 Å². The maximum absolute atomic E-state index is 10.9. The van der Waals surface area contributed by atoms with E-state index in [1.54, 1.807) is 7.05 Å². The van der Waals surface area contributed by atoms with E-state index in [-0.39, 0.29) is 5.91 Å². The quantitative estimate of drug-likeness (QED) is 0.511. The minimum absolute atomic E-state index is 0.0553. The zero-order valence-electron chi connectivity index (χ0n) is 9.21. The first-order chi connectivity index (χ1) is 7.16. The highest BCUT2D eigenvalue weighted by atomic mass is 16.5. The van der Waals surface area contributed by atoms with Gasteiger partial charge in [0.1, 0.15) is 5.60 Å². The molecule has 0 aromatic carbocycles. The Morgan fingerprint density at radius 3 is 3.00 bits per heavy atom. The summed E-state index contributed by atoms with van der Waals surface area (Å²) < 4.78 is 5.12. The van der Waals surface area contributed by atoms with Crippen molar-refractivity contribution in [2.75, 3.05) is 33.4 Å². The van der Waals surface area contributed by atoms with E-state index < -0.39 is 5.60 Å². The maximum Gasteiger partial charge on any atom is 0.219 e. The number of ether oxygens (including phenoxy) is 1. The zero-order valence-corrected chi connectivity index (χ0v) is 9.21. The highest BCUT2D eigenvalue weighted by Crippen LogP contribution is 2.16. The van der Waals surface area contributed by atoms with Gasteiger partial charge in [-0.25, -0.2) is 0 Å². The smallest absolute Gasteiger partial charge is 0.219 e. The molecule has 1 aliphatic heterocycles. The molecule has 1 heterocycles. The van der Waals surface area contributed by atoms with Gasteiger partial charge in [-0.05, 0) is 13.0 Å². The number of amides is 1. The van der Waals surface area contributed by atoms with E-state index in [1.807, 2.05) is 0 Å². The van der Waals surface area contributed by atoms with Gasteiger partial charge in [-0.2, -0.15) is 0 Å². The molecule has 3 N–H and O–H groups in total. The van der Waals surface area contributed by atoms with E-state index in [9.17, 15) is 9.90 Å². The van der Waals surface area contributed by atoms with Crippen LogP contribution in [0.25, 0.3) is 0 Å². The molecule has 0 bridgehead atoms. The molecule has 0 radical (unpaired) electrons. The molecule has 88 valence electrons. The fourth-order valence-electron chi connectivity index (χ4n) is 1.56. The van der Waals surface area contributed by atoms with Crippen molar-refractivity contribution in [3.05, 3.63) is 0 Å². The zero-order chi connectivity index (χ0) is 11.1. The van der Waals surface area contributed by atoms with Crippen LogP contribution in [-0.2, 0) is 9.53 Å². The summed E-state index contributed by atoms with van der Waals surface area (Å²) in [5.41, 5.74) is -0.701. The molecule has 0 aliphatic carbocycles. The van der Waals surface area contributed by atoms with Crippen molar-refractivity contribution in [3.8, 4) is 0 Å². The van der Waals surface area contributed by atoms with Crippen LogP contribution in [0.5, 0.6) is 0 Å². The third kappa shape index (κ3) is 4.59. The van der Waals surface area contributed by atoms with Crippen molar-refractivity contribution in [1.82, 2.24) is 10.6 Å². The Morgan fingerprint density at radius 2 is 2.40 bits per heavy atom. The van der Waals surface area contributed by atoms with Gasteiger partial charge in [0.05, 0.1) is 6.61 Å². The van der Waals surface area contributed by atoms with Crippen LogP contribution < -0.4 is 10.6 Å². The Kier molecular flexibility index (Phi) is 5.01. The third-order valence-corrected chi connectivity index (χ3v) is 2.57. The van der Waals surface area contributed by atoms with Gasteiger partial charge >= 0.3 is 0 Å². The Labute approximate surface area is 90.2 Å². The Morgan fingerprint density at radius 1 is 1.60 bits per heavy atom. The molecule has 1 fully saturated rings. The molecule has 0 spiro atoms. The van der Waals surface area contributed by atoms with E-state index in [2.05, 4.69) is 10.6 Å². The predicted octanol–water partition coefficient (Wildman–Crippen LogP) is -0.746. The molecule has 1 rings (SSSR count). The van der Waals surface area contributed by atoms with E-state index in [0.717, 1.165) is 13.0 Å². The molecular weight excluding hydrogens is 196 g/mol. The predicted molar refractivity (Wildman–Crippen MR) is 56.6 cm³/mol. The summed E-state index contributed by atoms with van der Waals surface area (Å²) in [4.78, 5) is 10.9. The van der Waals surface area contributed by atoms with Crippen molar-refractivity contribution in [2.24, 2.45) is 0 Å². The lowest BCUT2D eigenvalue weighted by atomic mass is 10.0. The van der Waals surface area contributed by atoms with Crippen LogP contribution in [0.4, 0.5) is 0 Å². The summed E-state index contributed by atoms with van der Waals surface area (Å²) in [7, 11) is 1.63. The first-order valence-electron chi connectivity index (χ1n) is 5.38. The summed E-state index contributed by atoms with van der Waals surface area (Å²) >= 11 is 0. The lowest BCUT2D eigenvalue weighted by Crippen LogP contribution is -2.41. The molecule has 15 heavy (non-hydrogen) atoms. The lowest BCUT2D eigenvalue weighted by Gasteiger charge is -2.20. The lowest BCUT2D eigenvalue weighted by molar-refractivity contribution is -0.120. The van der Waals surface area contributed by atoms with Crippen LogP contribution in [0.3, 0.4) is 0 Å². The largest absolute Gasteiger partial charge is 0.386 e. The number of nitrogens with one attached hydrogen (secondary N) is 2. The van der Waals surface area contributed by atoms with Gasteiger partial charge in [0.2, 0.25) is 5.91 Å². The number of carbonyl (C=O) groups excluding carboxylic acids is 1. The van der Waals surface area contributed by atoms with Crippen LogP contribution in [0.2, 0.25) is 0 Å². The topological polar surface area (TPSA) is 70.6 Å². The van der Waals surface area contributed by atoms with Crippen molar-refractivity contribution < 1.29 is 14.6 Å². The first kappa shape index (κ1) is 12.4. The second kappa shape index (κ2) is 6.05. The van der Waals surface area contributed by atoms with Gasteiger partial charge in [-0.3, -0.25) is 4.79 Å². The summed E-state index contributed by atoms with van der Waals surface area (Å²) in [5, 5.41) is 15.6. The normalized spacial score (nSPS) is 25.5. The van der Waals surface area contributed by atoms with Crippen molar-refractivity contribution in [2.45, 2.75) is 24.9 Å². The van der Waals surface area contributed by atoms with Crippen LogP contribution in [0, 0.1) is 0 Å². The minimum atomic E-state index is -0.701. The fourth-order valence-corrected chi connectivity index (χ4v) is 1.56. The van der Waals surface area contributed by atoms with Crippen LogP contribution in [-0.4, -0.2) is 50.0 Å². The Balaban J connectivity index is 1.99. The molecule has 5 heteroatoms. The number of hydrogen-bond acceptors (Lipinski definition) is 4. The average molecular weight is 216 g/mol. The summed E-state index contributed by atoms with van der Waals surface area (Å²) in [5.74, 6) is 0.0553. The average Bonchev–Trinajstić information content (AvgIpc) is 2.64. The molecule has 1 unspecified atom stereocenters. The molecule has 1 aliphatic rings. The molecular formula is C10H20N2O3. The van der Waals surface area contributed by atoms with Gasteiger partial charge in [-0.15, -0.1) is 0 Å². The number of aliphatic hydroxyl groups is 1. The third-order valence-electron chi connectivity index (χ3n) is 2.57. The van der Waals surface area contributed by atoms with Crippen LogP contribution >= 0.6 is 0 Å². The van der Waals surface area contributed by atoms with Gasteiger partial charge in [0.15, 0.2) is 0 Å². The summed E-state index contributed by atoms with van der Waals surface area (Å²) in [6.45, 7) is 2.34. The fraction of sp³-hybridized carbons (Fsp3) is 0.900. The van der Waals surface area contributed by atoms with Gasteiger partial charge in [0.25, 0.3) is 0 Å². The van der Waals surface area contributed by atoms with Gasteiger partial charge in [0, 0.05) is 33.0 Å².